The number of anilines is 1. The van der Waals surface area contributed by atoms with E-state index in [1.165, 1.54) is 5.56 Å². The van der Waals surface area contributed by atoms with E-state index in [4.69, 9.17) is 4.74 Å². The Hall–Kier alpha value is -1.97. The average molecular weight is 217 g/mol. The first-order valence-corrected chi connectivity index (χ1v) is 5.19. The molecular weight excluding hydrogens is 202 g/mol. The molecule has 0 saturated heterocycles. The van der Waals surface area contributed by atoms with Crippen LogP contribution in [0.4, 0.5) is 5.69 Å². The second-order valence-corrected chi connectivity index (χ2v) is 3.63. The van der Waals surface area contributed by atoms with Crippen molar-refractivity contribution in [3.05, 3.63) is 42.2 Å². The maximum absolute atomic E-state index is 5.12. The fourth-order valence-electron chi connectivity index (χ4n) is 1.56. The first kappa shape index (κ1) is 10.5. The van der Waals surface area contributed by atoms with E-state index in [9.17, 15) is 0 Å². The second kappa shape index (κ2) is 4.70. The number of benzene rings is 1. The van der Waals surface area contributed by atoms with E-state index in [0.29, 0.717) is 0 Å². The summed E-state index contributed by atoms with van der Waals surface area (Å²) in [4.78, 5) is 0. The number of hydrogen-bond acceptors (Lipinski definition) is 3. The van der Waals surface area contributed by atoms with Gasteiger partial charge in [0.15, 0.2) is 0 Å². The van der Waals surface area contributed by atoms with E-state index in [1.807, 2.05) is 18.3 Å². The molecule has 4 heteroatoms. The molecule has 0 radical (unpaired) electrons. The average Bonchev–Trinajstić information content (AvgIpc) is 2.82. The first-order chi connectivity index (χ1) is 7.79. The van der Waals surface area contributed by atoms with Crippen molar-refractivity contribution in [2.45, 2.75) is 13.0 Å². The van der Waals surface area contributed by atoms with Gasteiger partial charge in [0.1, 0.15) is 5.75 Å². The largest absolute Gasteiger partial charge is 0.497 e. The monoisotopic (exact) mass is 217 g/mol. The zero-order valence-electron chi connectivity index (χ0n) is 9.40. The number of methoxy groups -OCH3 is 1. The number of nitrogens with zero attached hydrogens (tertiary/aromatic N) is 1. The number of hydrogen-bond donors (Lipinski definition) is 2. The van der Waals surface area contributed by atoms with E-state index in [-0.39, 0.29) is 6.04 Å². The van der Waals surface area contributed by atoms with Crippen molar-refractivity contribution in [2.75, 3.05) is 12.4 Å². The molecule has 0 bridgehead atoms. The van der Waals surface area contributed by atoms with Crippen molar-refractivity contribution in [3.63, 3.8) is 0 Å². The minimum atomic E-state index is 0.239. The van der Waals surface area contributed by atoms with Crippen LogP contribution in [0.3, 0.4) is 0 Å². The molecule has 2 aromatic rings. The molecule has 0 amide bonds. The van der Waals surface area contributed by atoms with E-state index in [0.717, 1.165) is 11.4 Å². The van der Waals surface area contributed by atoms with Crippen molar-refractivity contribution >= 4 is 5.69 Å². The number of nitrogens with one attached hydrogen (secondary N) is 2. The third-order valence-corrected chi connectivity index (χ3v) is 2.50. The predicted molar refractivity (Wildman–Crippen MR) is 63.6 cm³/mol. The molecule has 0 spiro atoms. The summed E-state index contributed by atoms with van der Waals surface area (Å²) in [5.74, 6) is 0.874. The number of aromatic amines is 1. The normalized spacial score (nSPS) is 12.1. The minimum Gasteiger partial charge on any atom is -0.497 e. The minimum absolute atomic E-state index is 0.239. The number of H-pyrrole nitrogens is 1. The first-order valence-electron chi connectivity index (χ1n) is 5.19. The molecule has 2 N–H and O–H groups in total. The zero-order valence-corrected chi connectivity index (χ0v) is 9.40. The predicted octanol–water partition coefficient (Wildman–Crippen LogP) is 2.59. The lowest BCUT2D eigenvalue weighted by Crippen LogP contribution is -2.05. The lowest BCUT2D eigenvalue weighted by Gasteiger charge is -2.14. The van der Waals surface area contributed by atoms with Crippen LogP contribution in [0.5, 0.6) is 5.75 Å². The van der Waals surface area contributed by atoms with Crippen LogP contribution in [0.25, 0.3) is 0 Å². The Morgan fingerprint density at radius 2 is 2.06 bits per heavy atom. The fourth-order valence-corrected chi connectivity index (χ4v) is 1.56. The number of aromatic nitrogens is 2. The molecule has 1 heterocycles. The molecule has 2 rings (SSSR count). The molecule has 1 aromatic heterocycles. The van der Waals surface area contributed by atoms with Crippen LogP contribution in [0.2, 0.25) is 0 Å². The summed E-state index contributed by atoms with van der Waals surface area (Å²) in [5, 5.41) is 10.0. The van der Waals surface area contributed by atoms with Crippen LogP contribution in [0.1, 0.15) is 18.5 Å². The topological polar surface area (TPSA) is 49.9 Å². The van der Waals surface area contributed by atoms with Gasteiger partial charge in [-0.15, -0.1) is 0 Å². The standard InChI is InChI=1S/C12H15N3O/c1-9(15-11-7-13-14-8-11)10-3-5-12(16-2)6-4-10/h3-9,15H,1-2H3,(H,13,14). The fraction of sp³-hybridized carbons (Fsp3) is 0.250. The van der Waals surface area contributed by atoms with Gasteiger partial charge in [-0.1, -0.05) is 12.1 Å². The summed E-state index contributed by atoms with van der Waals surface area (Å²) in [7, 11) is 1.67. The summed E-state index contributed by atoms with van der Waals surface area (Å²) in [6.07, 6.45) is 3.60. The molecule has 1 aromatic carbocycles. The third-order valence-electron chi connectivity index (χ3n) is 2.50. The Labute approximate surface area is 94.6 Å². The molecular formula is C12H15N3O. The number of rotatable bonds is 4. The van der Waals surface area contributed by atoms with Crippen molar-refractivity contribution in [2.24, 2.45) is 0 Å². The molecule has 0 saturated carbocycles. The maximum atomic E-state index is 5.12. The summed E-state index contributed by atoms with van der Waals surface area (Å²) in [5.41, 5.74) is 2.20. The van der Waals surface area contributed by atoms with E-state index in [2.05, 4.69) is 34.6 Å². The molecule has 4 nitrogen and oxygen atoms in total. The summed E-state index contributed by atoms with van der Waals surface area (Å²) >= 11 is 0. The highest BCUT2D eigenvalue weighted by atomic mass is 16.5. The van der Waals surface area contributed by atoms with Gasteiger partial charge in [-0.3, -0.25) is 5.10 Å². The van der Waals surface area contributed by atoms with Gasteiger partial charge in [0.05, 0.1) is 19.0 Å². The lowest BCUT2D eigenvalue weighted by atomic mass is 10.1. The van der Waals surface area contributed by atoms with Crippen molar-refractivity contribution in [1.82, 2.24) is 10.2 Å². The highest BCUT2D eigenvalue weighted by Crippen LogP contribution is 2.20. The van der Waals surface area contributed by atoms with Gasteiger partial charge in [0, 0.05) is 12.2 Å². The zero-order chi connectivity index (χ0) is 11.4. The highest BCUT2D eigenvalue weighted by Gasteiger charge is 2.05. The van der Waals surface area contributed by atoms with Crippen LogP contribution in [-0.2, 0) is 0 Å². The smallest absolute Gasteiger partial charge is 0.118 e. The molecule has 16 heavy (non-hydrogen) atoms. The molecule has 0 aliphatic rings. The van der Waals surface area contributed by atoms with Crippen molar-refractivity contribution < 1.29 is 4.74 Å². The quantitative estimate of drug-likeness (QED) is 0.827. The summed E-state index contributed by atoms with van der Waals surface area (Å²) in [6, 6.07) is 8.27. The van der Waals surface area contributed by atoms with Crippen LogP contribution in [0, 0.1) is 0 Å². The van der Waals surface area contributed by atoms with Gasteiger partial charge in [0.2, 0.25) is 0 Å². The SMILES string of the molecule is COc1ccc(C(C)Nc2cn[nH]c2)cc1. The van der Waals surface area contributed by atoms with Gasteiger partial charge in [0.25, 0.3) is 0 Å². The molecule has 0 aliphatic carbocycles. The number of ether oxygens (including phenoxy) is 1. The second-order valence-electron chi connectivity index (χ2n) is 3.63. The van der Waals surface area contributed by atoms with E-state index >= 15 is 0 Å². The van der Waals surface area contributed by atoms with Gasteiger partial charge < -0.3 is 10.1 Å². The Balaban J connectivity index is 2.05. The molecule has 84 valence electrons. The van der Waals surface area contributed by atoms with Gasteiger partial charge in [-0.2, -0.15) is 5.10 Å². The Kier molecular flexibility index (Phi) is 3.10. The third kappa shape index (κ3) is 2.34. The van der Waals surface area contributed by atoms with Crippen molar-refractivity contribution in [1.29, 1.82) is 0 Å². The van der Waals surface area contributed by atoms with Gasteiger partial charge in [-0.25, -0.2) is 0 Å². The van der Waals surface area contributed by atoms with Crippen LogP contribution >= 0.6 is 0 Å². The van der Waals surface area contributed by atoms with Gasteiger partial charge >= 0.3 is 0 Å². The Bertz CT molecular complexity index is 422. The van der Waals surface area contributed by atoms with Crippen LogP contribution < -0.4 is 10.1 Å². The van der Waals surface area contributed by atoms with E-state index < -0.39 is 0 Å². The van der Waals surface area contributed by atoms with E-state index in [1.54, 1.807) is 13.3 Å². The van der Waals surface area contributed by atoms with Crippen molar-refractivity contribution in [3.8, 4) is 5.75 Å². The summed E-state index contributed by atoms with van der Waals surface area (Å²) in [6.45, 7) is 2.11. The summed E-state index contributed by atoms with van der Waals surface area (Å²) < 4.78 is 5.12. The van der Waals surface area contributed by atoms with Crippen LogP contribution in [0.15, 0.2) is 36.7 Å². The van der Waals surface area contributed by atoms with Gasteiger partial charge in [-0.05, 0) is 24.6 Å². The molecule has 1 unspecified atom stereocenters. The maximum Gasteiger partial charge on any atom is 0.118 e. The molecule has 0 fully saturated rings. The molecule has 0 aliphatic heterocycles. The highest BCUT2D eigenvalue weighted by molar-refractivity contribution is 5.41. The van der Waals surface area contributed by atoms with Crippen LogP contribution in [-0.4, -0.2) is 17.3 Å². The Morgan fingerprint density at radius 3 is 2.62 bits per heavy atom. The molecule has 1 atom stereocenters. The lowest BCUT2D eigenvalue weighted by molar-refractivity contribution is 0.414. The Morgan fingerprint density at radius 1 is 1.31 bits per heavy atom.